The van der Waals surface area contributed by atoms with Gasteiger partial charge in [-0.3, -0.25) is 9.59 Å². The van der Waals surface area contributed by atoms with E-state index in [1.54, 1.807) is 12.1 Å². The zero-order valence-electron chi connectivity index (χ0n) is 18.3. The number of likely N-dealkylation sites (tertiary alicyclic amines) is 1. The van der Waals surface area contributed by atoms with Crippen LogP contribution in [0.4, 0.5) is 5.69 Å². The summed E-state index contributed by atoms with van der Waals surface area (Å²) in [4.78, 5) is 26.7. The zero-order chi connectivity index (χ0) is 20.8. The molecule has 4 N–H and O–H groups in total. The summed E-state index contributed by atoms with van der Waals surface area (Å²) in [6.07, 6.45) is 8.79. The molecule has 3 rings (SSSR count). The molecular formula is C22H35Cl2N3O4. The monoisotopic (exact) mass is 475 g/mol. The van der Waals surface area contributed by atoms with Gasteiger partial charge in [0.2, 0.25) is 5.91 Å². The maximum Gasteiger partial charge on any atom is 0.255 e. The average molecular weight is 476 g/mol. The van der Waals surface area contributed by atoms with Gasteiger partial charge in [-0.2, -0.15) is 0 Å². The van der Waals surface area contributed by atoms with E-state index in [2.05, 4.69) is 15.5 Å². The van der Waals surface area contributed by atoms with Crippen LogP contribution in [0.5, 0.6) is 5.75 Å². The lowest BCUT2D eigenvalue weighted by atomic mass is 9.88. The minimum atomic E-state index is -0.230. The summed E-state index contributed by atoms with van der Waals surface area (Å²) in [5.74, 6) is 0.823. The van der Waals surface area contributed by atoms with Gasteiger partial charge in [0.25, 0.3) is 5.91 Å². The van der Waals surface area contributed by atoms with Gasteiger partial charge in [-0.05, 0) is 37.7 Å². The Kier molecular flexibility index (Phi) is 11.6. The minimum absolute atomic E-state index is 0. The maximum atomic E-state index is 12.8. The lowest BCUT2D eigenvalue weighted by Gasteiger charge is -2.35. The van der Waals surface area contributed by atoms with Gasteiger partial charge in [-0.1, -0.05) is 30.9 Å². The summed E-state index contributed by atoms with van der Waals surface area (Å²) in [7, 11) is 1.50. The number of amides is 2. The molecule has 1 aromatic rings. The molecular weight excluding hydrogens is 441 g/mol. The predicted molar refractivity (Wildman–Crippen MR) is 127 cm³/mol. The largest absolute Gasteiger partial charge is 0.496 e. The molecule has 0 atom stereocenters. The van der Waals surface area contributed by atoms with Crippen molar-refractivity contribution >= 4 is 41.5 Å². The van der Waals surface area contributed by atoms with Crippen molar-refractivity contribution in [3.05, 3.63) is 22.7 Å². The topological polar surface area (TPSA) is 102 Å². The molecule has 9 heteroatoms. The van der Waals surface area contributed by atoms with Gasteiger partial charge in [0, 0.05) is 38.7 Å². The SMILES string of the molecule is COc1cc(NC(C)=O)c(Cl)cc1C(=O)NC1CCN(CC2CCCCC2)CC1.Cl.O. The zero-order valence-corrected chi connectivity index (χ0v) is 19.9. The van der Waals surface area contributed by atoms with Crippen molar-refractivity contribution in [2.24, 2.45) is 5.92 Å². The molecule has 0 spiro atoms. The summed E-state index contributed by atoms with van der Waals surface area (Å²) in [6.45, 7) is 4.67. The highest BCUT2D eigenvalue weighted by Crippen LogP contribution is 2.31. The molecule has 1 saturated heterocycles. The van der Waals surface area contributed by atoms with Crippen molar-refractivity contribution in [2.45, 2.75) is 57.9 Å². The fourth-order valence-corrected chi connectivity index (χ4v) is 4.65. The van der Waals surface area contributed by atoms with Crippen molar-refractivity contribution < 1.29 is 19.8 Å². The number of hydrogen-bond acceptors (Lipinski definition) is 4. The highest BCUT2D eigenvalue weighted by atomic mass is 35.5. The number of benzene rings is 1. The molecule has 176 valence electrons. The molecule has 0 aromatic heterocycles. The quantitative estimate of drug-likeness (QED) is 0.654. The molecule has 0 unspecified atom stereocenters. The van der Waals surface area contributed by atoms with Gasteiger partial charge in [-0.15, -0.1) is 12.4 Å². The van der Waals surface area contributed by atoms with E-state index >= 15 is 0 Å². The molecule has 1 heterocycles. The van der Waals surface area contributed by atoms with Crippen LogP contribution in [0, 0.1) is 5.92 Å². The Balaban J connectivity index is 0.00000240. The second kappa shape index (κ2) is 13.1. The summed E-state index contributed by atoms with van der Waals surface area (Å²) in [6, 6.07) is 3.30. The van der Waals surface area contributed by atoms with E-state index in [1.165, 1.54) is 52.7 Å². The highest BCUT2D eigenvalue weighted by Gasteiger charge is 2.25. The fraction of sp³-hybridized carbons (Fsp3) is 0.636. The number of anilines is 1. The number of carbonyl (C=O) groups excluding carboxylic acids is 2. The normalized spacial score (nSPS) is 17.8. The molecule has 1 aromatic carbocycles. The lowest BCUT2D eigenvalue weighted by molar-refractivity contribution is -0.114. The Morgan fingerprint density at radius 1 is 1.13 bits per heavy atom. The van der Waals surface area contributed by atoms with E-state index in [4.69, 9.17) is 16.3 Å². The summed E-state index contributed by atoms with van der Waals surface area (Å²) in [5, 5.41) is 6.09. The van der Waals surface area contributed by atoms with E-state index in [1.807, 2.05) is 0 Å². The first kappa shape index (κ1) is 27.5. The number of carbonyl (C=O) groups is 2. The first-order chi connectivity index (χ1) is 14.0. The Morgan fingerprint density at radius 2 is 1.77 bits per heavy atom. The van der Waals surface area contributed by atoms with Crippen molar-refractivity contribution in [3.63, 3.8) is 0 Å². The number of methoxy groups -OCH3 is 1. The second-order valence-corrected chi connectivity index (χ2v) is 8.67. The van der Waals surface area contributed by atoms with Crippen LogP contribution < -0.4 is 15.4 Å². The molecule has 1 aliphatic heterocycles. The third-order valence-corrected chi connectivity index (χ3v) is 6.32. The van der Waals surface area contributed by atoms with Crippen molar-refractivity contribution in [1.29, 1.82) is 0 Å². The molecule has 0 bridgehead atoms. The van der Waals surface area contributed by atoms with Crippen LogP contribution in [-0.4, -0.2) is 55.0 Å². The van der Waals surface area contributed by atoms with Crippen LogP contribution in [0.15, 0.2) is 12.1 Å². The number of nitrogens with zero attached hydrogens (tertiary/aromatic N) is 1. The van der Waals surface area contributed by atoms with Crippen LogP contribution in [-0.2, 0) is 4.79 Å². The Bertz CT molecular complexity index is 734. The van der Waals surface area contributed by atoms with Gasteiger partial charge < -0.3 is 25.7 Å². The molecule has 2 fully saturated rings. The van der Waals surface area contributed by atoms with E-state index < -0.39 is 0 Å². The standard InChI is InChI=1S/C22H32ClN3O3.ClH.H2O/c1-15(27)24-20-13-21(29-2)18(12-19(20)23)22(28)25-17-8-10-26(11-9-17)14-16-6-4-3-5-7-16;;/h12-13,16-17H,3-11,14H2,1-2H3,(H,24,27)(H,25,28);1H;1H2. The summed E-state index contributed by atoms with van der Waals surface area (Å²) in [5.41, 5.74) is 0.819. The second-order valence-electron chi connectivity index (χ2n) is 8.27. The van der Waals surface area contributed by atoms with Crippen molar-refractivity contribution in [2.75, 3.05) is 32.1 Å². The predicted octanol–water partition coefficient (Wildman–Crippen LogP) is 3.68. The first-order valence-electron chi connectivity index (χ1n) is 10.6. The van der Waals surface area contributed by atoms with E-state index in [9.17, 15) is 9.59 Å². The minimum Gasteiger partial charge on any atom is -0.496 e. The Morgan fingerprint density at radius 3 is 2.35 bits per heavy atom. The van der Waals surface area contributed by atoms with Crippen molar-refractivity contribution in [1.82, 2.24) is 10.2 Å². The number of ether oxygens (including phenoxy) is 1. The van der Waals surface area contributed by atoms with Gasteiger partial charge in [0.05, 0.1) is 23.4 Å². The van der Waals surface area contributed by atoms with Gasteiger partial charge in [0.1, 0.15) is 5.75 Å². The Hall–Kier alpha value is -1.54. The summed E-state index contributed by atoms with van der Waals surface area (Å²) < 4.78 is 5.36. The third kappa shape index (κ3) is 7.83. The Labute approximate surface area is 195 Å². The van der Waals surface area contributed by atoms with Gasteiger partial charge in [0.15, 0.2) is 0 Å². The molecule has 1 aliphatic carbocycles. The number of hydrogen-bond donors (Lipinski definition) is 2. The van der Waals surface area contributed by atoms with Crippen LogP contribution in [0.25, 0.3) is 0 Å². The van der Waals surface area contributed by atoms with Gasteiger partial charge >= 0.3 is 0 Å². The van der Waals surface area contributed by atoms with Crippen LogP contribution >= 0.6 is 24.0 Å². The molecule has 2 aliphatic rings. The number of piperidine rings is 1. The van der Waals surface area contributed by atoms with E-state index in [0.717, 1.165) is 31.8 Å². The fourth-order valence-electron chi connectivity index (χ4n) is 4.44. The molecule has 31 heavy (non-hydrogen) atoms. The highest BCUT2D eigenvalue weighted by molar-refractivity contribution is 6.34. The number of rotatable bonds is 6. The van der Waals surface area contributed by atoms with Crippen LogP contribution in [0.1, 0.15) is 62.2 Å². The maximum absolute atomic E-state index is 12.8. The van der Waals surface area contributed by atoms with Crippen LogP contribution in [0.3, 0.4) is 0 Å². The van der Waals surface area contributed by atoms with E-state index in [-0.39, 0.29) is 35.7 Å². The van der Waals surface area contributed by atoms with E-state index in [0.29, 0.717) is 22.0 Å². The smallest absolute Gasteiger partial charge is 0.255 e. The first-order valence-corrected chi connectivity index (χ1v) is 11.0. The third-order valence-electron chi connectivity index (χ3n) is 6.01. The average Bonchev–Trinajstić information content (AvgIpc) is 2.71. The van der Waals surface area contributed by atoms with Crippen molar-refractivity contribution in [3.8, 4) is 5.75 Å². The molecule has 2 amide bonds. The molecule has 1 saturated carbocycles. The number of halogens is 2. The number of nitrogens with one attached hydrogen (secondary N) is 2. The van der Waals surface area contributed by atoms with Gasteiger partial charge in [-0.25, -0.2) is 0 Å². The van der Waals surface area contributed by atoms with Crippen LogP contribution in [0.2, 0.25) is 5.02 Å². The molecule has 0 radical (unpaired) electrons. The summed E-state index contributed by atoms with van der Waals surface area (Å²) >= 11 is 6.24. The molecule has 7 nitrogen and oxygen atoms in total. The lowest BCUT2D eigenvalue weighted by Crippen LogP contribution is -2.46.